The highest BCUT2D eigenvalue weighted by Crippen LogP contribution is 2.25. The molecule has 0 saturated heterocycles. The van der Waals surface area contributed by atoms with Crippen LogP contribution in [0.5, 0.6) is 0 Å². The molecule has 1 aliphatic heterocycles. The molecule has 1 N–H and O–H groups in total. The number of fused-ring (bicyclic) bond motifs is 1. The fourth-order valence-corrected chi connectivity index (χ4v) is 3.09. The van der Waals surface area contributed by atoms with E-state index in [-0.39, 0.29) is 12.6 Å². The van der Waals surface area contributed by atoms with E-state index >= 15 is 0 Å². The second kappa shape index (κ2) is 5.96. The van der Waals surface area contributed by atoms with Gasteiger partial charge in [-0.15, -0.1) is 0 Å². The molecule has 2 aromatic rings. The van der Waals surface area contributed by atoms with Gasteiger partial charge in [-0.2, -0.15) is 0 Å². The summed E-state index contributed by atoms with van der Waals surface area (Å²) in [4.78, 5) is 2.33. The summed E-state index contributed by atoms with van der Waals surface area (Å²) in [5.41, 5.74) is 3.91. The Hall–Kier alpha value is -1.35. The van der Waals surface area contributed by atoms with Gasteiger partial charge in [0.15, 0.2) is 0 Å². The van der Waals surface area contributed by atoms with Crippen molar-refractivity contribution < 1.29 is 5.11 Å². The van der Waals surface area contributed by atoms with Gasteiger partial charge in [0.05, 0.1) is 6.61 Å². The Labute approximate surface area is 124 Å². The van der Waals surface area contributed by atoms with Gasteiger partial charge < -0.3 is 5.11 Å². The number of aliphatic hydroxyl groups is 1. The van der Waals surface area contributed by atoms with Crippen LogP contribution >= 0.6 is 11.6 Å². The van der Waals surface area contributed by atoms with Crippen molar-refractivity contribution in [3.05, 3.63) is 70.2 Å². The van der Waals surface area contributed by atoms with Crippen LogP contribution in [0.4, 0.5) is 0 Å². The molecule has 2 nitrogen and oxygen atoms in total. The van der Waals surface area contributed by atoms with Gasteiger partial charge in [-0.25, -0.2) is 0 Å². The van der Waals surface area contributed by atoms with Gasteiger partial charge in [0.1, 0.15) is 0 Å². The molecular formula is C17H18ClNO. The normalized spacial score (nSPS) is 18.8. The Morgan fingerprint density at radius 2 is 1.90 bits per heavy atom. The first-order chi connectivity index (χ1) is 9.76. The second-order valence-electron chi connectivity index (χ2n) is 5.34. The number of halogens is 1. The Morgan fingerprint density at radius 1 is 1.10 bits per heavy atom. The topological polar surface area (TPSA) is 23.5 Å². The predicted molar refractivity (Wildman–Crippen MR) is 81.7 cm³/mol. The van der Waals surface area contributed by atoms with E-state index in [2.05, 4.69) is 35.2 Å². The Kier molecular flexibility index (Phi) is 4.06. The van der Waals surface area contributed by atoms with Crippen LogP contribution in [0.15, 0.2) is 48.5 Å². The summed E-state index contributed by atoms with van der Waals surface area (Å²) in [6, 6.07) is 16.6. The van der Waals surface area contributed by atoms with E-state index in [4.69, 9.17) is 11.6 Å². The Morgan fingerprint density at radius 3 is 2.65 bits per heavy atom. The zero-order valence-corrected chi connectivity index (χ0v) is 12.1. The molecule has 0 fully saturated rings. The van der Waals surface area contributed by atoms with Crippen molar-refractivity contribution in [2.75, 3.05) is 6.61 Å². The maximum atomic E-state index is 9.65. The minimum absolute atomic E-state index is 0.184. The third-order valence-corrected chi connectivity index (χ3v) is 4.18. The largest absolute Gasteiger partial charge is 0.395 e. The minimum atomic E-state index is 0.184. The van der Waals surface area contributed by atoms with Crippen molar-refractivity contribution in [3.8, 4) is 0 Å². The number of rotatable bonds is 3. The molecule has 1 unspecified atom stereocenters. The smallest absolute Gasteiger partial charge is 0.0590 e. The fraction of sp³-hybridized carbons (Fsp3) is 0.294. The zero-order valence-electron chi connectivity index (χ0n) is 11.3. The first-order valence-corrected chi connectivity index (χ1v) is 7.30. The molecule has 20 heavy (non-hydrogen) atoms. The monoisotopic (exact) mass is 287 g/mol. The third kappa shape index (κ3) is 2.88. The van der Waals surface area contributed by atoms with E-state index in [1.165, 1.54) is 16.7 Å². The minimum Gasteiger partial charge on any atom is -0.395 e. The van der Waals surface area contributed by atoms with Gasteiger partial charge >= 0.3 is 0 Å². The highest BCUT2D eigenvalue weighted by molar-refractivity contribution is 6.30. The summed E-state index contributed by atoms with van der Waals surface area (Å²) in [7, 11) is 0. The van der Waals surface area contributed by atoms with Crippen molar-refractivity contribution in [1.82, 2.24) is 4.90 Å². The quantitative estimate of drug-likeness (QED) is 0.937. The predicted octanol–water partition coefficient (Wildman–Crippen LogP) is 3.26. The highest BCUT2D eigenvalue weighted by Gasteiger charge is 2.25. The van der Waals surface area contributed by atoms with Crippen LogP contribution in [0.2, 0.25) is 5.02 Å². The van der Waals surface area contributed by atoms with Crippen LogP contribution in [0, 0.1) is 0 Å². The van der Waals surface area contributed by atoms with Crippen molar-refractivity contribution in [1.29, 1.82) is 0 Å². The first-order valence-electron chi connectivity index (χ1n) is 6.92. The lowest BCUT2D eigenvalue weighted by Crippen LogP contribution is -2.42. The summed E-state index contributed by atoms with van der Waals surface area (Å²) in [5.74, 6) is 0. The molecule has 0 aromatic heterocycles. The highest BCUT2D eigenvalue weighted by atomic mass is 35.5. The molecule has 0 saturated carbocycles. The summed E-state index contributed by atoms with van der Waals surface area (Å²) in [6.45, 7) is 1.89. The molecule has 0 spiro atoms. The van der Waals surface area contributed by atoms with Crippen molar-refractivity contribution in [2.45, 2.75) is 25.6 Å². The summed E-state index contributed by atoms with van der Waals surface area (Å²) < 4.78 is 0. The number of aliphatic hydroxyl groups excluding tert-OH is 1. The van der Waals surface area contributed by atoms with Crippen LogP contribution in [0.3, 0.4) is 0 Å². The van der Waals surface area contributed by atoms with Gasteiger partial charge in [0.25, 0.3) is 0 Å². The van der Waals surface area contributed by atoms with E-state index < -0.39 is 0 Å². The molecule has 3 heteroatoms. The van der Waals surface area contributed by atoms with Crippen LogP contribution in [0.25, 0.3) is 0 Å². The van der Waals surface area contributed by atoms with E-state index in [0.29, 0.717) is 0 Å². The van der Waals surface area contributed by atoms with E-state index in [1.54, 1.807) is 0 Å². The molecule has 1 heterocycles. The standard InChI is InChI=1S/C17H18ClNO/c18-16-7-3-4-13(8-16)10-19-11-15-6-2-1-5-14(15)9-17(19)12-20/h1-8,17,20H,9-12H2. The first kappa shape index (κ1) is 13.6. The van der Waals surface area contributed by atoms with Crippen LogP contribution < -0.4 is 0 Å². The van der Waals surface area contributed by atoms with Crippen molar-refractivity contribution in [2.24, 2.45) is 0 Å². The average molecular weight is 288 g/mol. The Bertz CT molecular complexity index is 599. The molecule has 1 aliphatic rings. The van der Waals surface area contributed by atoms with Gasteiger partial charge in [0.2, 0.25) is 0 Å². The second-order valence-corrected chi connectivity index (χ2v) is 5.78. The molecule has 0 bridgehead atoms. The van der Waals surface area contributed by atoms with E-state index in [0.717, 1.165) is 24.5 Å². The van der Waals surface area contributed by atoms with Crippen LogP contribution in [0.1, 0.15) is 16.7 Å². The molecule has 1 atom stereocenters. The maximum Gasteiger partial charge on any atom is 0.0590 e. The number of benzene rings is 2. The number of nitrogens with zero attached hydrogens (tertiary/aromatic N) is 1. The van der Waals surface area contributed by atoms with Crippen LogP contribution in [-0.4, -0.2) is 22.7 Å². The molecule has 0 aliphatic carbocycles. The van der Waals surface area contributed by atoms with Crippen LogP contribution in [-0.2, 0) is 19.5 Å². The molecule has 3 rings (SSSR count). The number of hydrogen-bond donors (Lipinski definition) is 1. The third-order valence-electron chi connectivity index (χ3n) is 3.95. The molecule has 0 amide bonds. The summed E-state index contributed by atoms with van der Waals surface area (Å²) in [5, 5.41) is 10.4. The lowest BCUT2D eigenvalue weighted by molar-refractivity contribution is 0.0996. The zero-order chi connectivity index (χ0) is 13.9. The number of hydrogen-bond acceptors (Lipinski definition) is 2. The maximum absolute atomic E-state index is 9.65. The lowest BCUT2D eigenvalue weighted by atomic mass is 9.94. The molecule has 0 radical (unpaired) electrons. The van der Waals surface area contributed by atoms with Gasteiger partial charge in [0, 0.05) is 24.2 Å². The van der Waals surface area contributed by atoms with Gasteiger partial charge in [-0.05, 0) is 35.2 Å². The van der Waals surface area contributed by atoms with Crippen molar-refractivity contribution >= 4 is 11.6 Å². The fourth-order valence-electron chi connectivity index (χ4n) is 2.88. The average Bonchev–Trinajstić information content (AvgIpc) is 2.46. The summed E-state index contributed by atoms with van der Waals surface area (Å²) in [6.07, 6.45) is 0.910. The van der Waals surface area contributed by atoms with E-state index in [9.17, 15) is 5.11 Å². The van der Waals surface area contributed by atoms with Crippen molar-refractivity contribution in [3.63, 3.8) is 0 Å². The molecule has 104 valence electrons. The SMILES string of the molecule is OCC1Cc2ccccc2CN1Cc1cccc(Cl)c1. The summed E-state index contributed by atoms with van der Waals surface area (Å²) >= 11 is 6.05. The lowest BCUT2D eigenvalue weighted by Gasteiger charge is -2.36. The van der Waals surface area contributed by atoms with Gasteiger partial charge in [-0.3, -0.25) is 4.90 Å². The Balaban J connectivity index is 1.82. The van der Waals surface area contributed by atoms with Gasteiger partial charge in [-0.1, -0.05) is 48.0 Å². The molecular weight excluding hydrogens is 270 g/mol. The molecule has 2 aromatic carbocycles. The van der Waals surface area contributed by atoms with E-state index in [1.807, 2.05) is 18.2 Å².